The van der Waals surface area contributed by atoms with Gasteiger partial charge in [0.2, 0.25) is 5.82 Å². The van der Waals surface area contributed by atoms with E-state index in [0.29, 0.717) is 25.6 Å². The molecule has 1 fully saturated rings. The summed E-state index contributed by atoms with van der Waals surface area (Å²) >= 11 is 0. The number of anilines is 1. The van der Waals surface area contributed by atoms with Crippen LogP contribution in [0.1, 0.15) is 16.8 Å². The molecule has 19 heavy (non-hydrogen) atoms. The third-order valence-electron chi connectivity index (χ3n) is 3.21. The first kappa shape index (κ1) is 13.2. The second-order valence-corrected chi connectivity index (χ2v) is 4.47. The van der Waals surface area contributed by atoms with Gasteiger partial charge < -0.3 is 15.7 Å². The van der Waals surface area contributed by atoms with Crippen molar-refractivity contribution in [1.29, 1.82) is 0 Å². The van der Waals surface area contributed by atoms with E-state index in [1.807, 2.05) is 0 Å². The van der Waals surface area contributed by atoms with Crippen LogP contribution in [0, 0.1) is 16.0 Å². The first-order valence-electron chi connectivity index (χ1n) is 5.85. The molecule has 1 aromatic rings. The largest absolute Gasteiger partial charge is 0.478 e. The highest BCUT2D eigenvalue weighted by Gasteiger charge is 2.29. The van der Waals surface area contributed by atoms with Gasteiger partial charge in [-0.05, 0) is 18.9 Å². The zero-order valence-corrected chi connectivity index (χ0v) is 10.2. The maximum absolute atomic E-state index is 11.0. The van der Waals surface area contributed by atoms with Gasteiger partial charge in [0, 0.05) is 25.4 Å². The molecule has 0 saturated carbocycles. The molecular formula is C11H14N4O4. The van der Waals surface area contributed by atoms with E-state index in [1.165, 1.54) is 0 Å². The maximum atomic E-state index is 11.0. The van der Waals surface area contributed by atoms with Crippen LogP contribution in [-0.2, 0) is 0 Å². The second kappa shape index (κ2) is 5.19. The van der Waals surface area contributed by atoms with Gasteiger partial charge in [0.25, 0.3) is 0 Å². The van der Waals surface area contributed by atoms with Crippen molar-refractivity contribution in [2.45, 2.75) is 6.42 Å². The van der Waals surface area contributed by atoms with E-state index < -0.39 is 10.9 Å². The Balaban J connectivity index is 2.35. The van der Waals surface area contributed by atoms with Crippen molar-refractivity contribution in [1.82, 2.24) is 4.98 Å². The quantitative estimate of drug-likeness (QED) is 0.599. The summed E-state index contributed by atoms with van der Waals surface area (Å²) in [5, 5.41) is 19.9. The summed E-state index contributed by atoms with van der Waals surface area (Å²) in [5.74, 6) is -0.727. The third-order valence-corrected chi connectivity index (χ3v) is 3.21. The van der Waals surface area contributed by atoms with Crippen molar-refractivity contribution in [3.63, 3.8) is 0 Å². The highest BCUT2D eigenvalue weighted by atomic mass is 16.6. The van der Waals surface area contributed by atoms with E-state index in [0.717, 1.165) is 18.7 Å². The van der Waals surface area contributed by atoms with Crippen molar-refractivity contribution in [3.8, 4) is 0 Å². The molecule has 1 aliphatic heterocycles. The average Bonchev–Trinajstić information content (AvgIpc) is 2.86. The van der Waals surface area contributed by atoms with Crippen molar-refractivity contribution >= 4 is 17.5 Å². The van der Waals surface area contributed by atoms with Crippen LogP contribution in [0.2, 0.25) is 0 Å². The van der Waals surface area contributed by atoms with Crippen LogP contribution in [0.25, 0.3) is 0 Å². The van der Waals surface area contributed by atoms with E-state index in [9.17, 15) is 14.9 Å². The van der Waals surface area contributed by atoms with E-state index in [1.54, 1.807) is 4.90 Å². The molecule has 1 atom stereocenters. The smallest absolute Gasteiger partial charge is 0.337 e. The minimum atomic E-state index is -1.23. The molecule has 1 aliphatic rings. The number of nitrogens with two attached hydrogens (primary N) is 1. The molecule has 0 amide bonds. The van der Waals surface area contributed by atoms with Gasteiger partial charge >= 0.3 is 11.7 Å². The van der Waals surface area contributed by atoms with Crippen molar-refractivity contribution < 1.29 is 14.8 Å². The summed E-state index contributed by atoms with van der Waals surface area (Å²) in [6.45, 7) is 1.77. The minimum Gasteiger partial charge on any atom is -0.478 e. The molecule has 1 saturated heterocycles. The Bertz CT molecular complexity index is 519. The van der Waals surface area contributed by atoms with E-state index in [-0.39, 0.29) is 17.1 Å². The topological polar surface area (TPSA) is 123 Å². The molecule has 0 aromatic carbocycles. The first-order chi connectivity index (χ1) is 9.02. The van der Waals surface area contributed by atoms with Gasteiger partial charge in [-0.15, -0.1) is 0 Å². The predicted molar refractivity (Wildman–Crippen MR) is 67.2 cm³/mol. The fourth-order valence-electron chi connectivity index (χ4n) is 2.16. The van der Waals surface area contributed by atoms with Gasteiger partial charge in [-0.25, -0.2) is 9.78 Å². The molecule has 8 nitrogen and oxygen atoms in total. The van der Waals surface area contributed by atoms with Gasteiger partial charge in [0.1, 0.15) is 0 Å². The summed E-state index contributed by atoms with van der Waals surface area (Å²) in [4.78, 5) is 26.9. The maximum Gasteiger partial charge on any atom is 0.337 e. The fourth-order valence-corrected chi connectivity index (χ4v) is 2.16. The number of hydrogen-bond donors (Lipinski definition) is 2. The zero-order chi connectivity index (χ0) is 14.0. The number of carbonyl (C=O) groups is 1. The Morgan fingerprint density at radius 2 is 2.42 bits per heavy atom. The molecule has 2 rings (SSSR count). The average molecular weight is 266 g/mol. The molecule has 1 unspecified atom stereocenters. The van der Waals surface area contributed by atoms with Crippen LogP contribution in [-0.4, -0.2) is 40.6 Å². The molecule has 2 heterocycles. The molecule has 0 bridgehead atoms. The lowest BCUT2D eigenvalue weighted by Crippen LogP contribution is -2.24. The molecule has 0 radical (unpaired) electrons. The van der Waals surface area contributed by atoms with Gasteiger partial charge in [-0.3, -0.25) is 10.1 Å². The number of carboxylic acid groups (broad SMARTS) is 1. The Morgan fingerprint density at radius 1 is 1.68 bits per heavy atom. The molecule has 8 heteroatoms. The monoisotopic (exact) mass is 266 g/mol. The number of carboxylic acids is 1. The fraction of sp³-hybridized carbons (Fsp3) is 0.455. The van der Waals surface area contributed by atoms with Crippen LogP contribution < -0.4 is 10.6 Å². The highest BCUT2D eigenvalue weighted by molar-refractivity contribution is 5.88. The number of rotatable bonds is 4. The van der Waals surface area contributed by atoms with Crippen LogP contribution >= 0.6 is 0 Å². The molecule has 3 N–H and O–H groups in total. The normalized spacial score (nSPS) is 18.6. The van der Waals surface area contributed by atoms with E-state index in [4.69, 9.17) is 10.8 Å². The van der Waals surface area contributed by atoms with Crippen LogP contribution in [0.5, 0.6) is 0 Å². The van der Waals surface area contributed by atoms with Gasteiger partial charge in [-0.2, -0.15) is 0 Å². The predicted octanol–water partition coefficient (Wildman–Crippen LogP) is 0.473. The van der Waals surface area contributed by atoms with Crippen LogP contribution in [0.4, 0.5) is 11.5 Å². The number of nitro groups is 1. The molecular weight excluding hydrogens is 252 g/mol. The standard InChI is InChI=1S/C11H14N4O4/c12-4-7-1-2-14(6-7)10-9(15(18)19)3-8(5-13-10)11(16)17/h3,5,7H,1-2,4,6,12H2,(H,16,17). The van der Waals surface area contributed by atoms with Crippen LogP contribution in [0.15, 0.2) is 12.3 Å². The van der Waals surface area contributed by atoms with E-state index >= 15 is 0 Å². The van der Waals surface area contributed by atoms with Crippen LogP contribution in [0.3, 0.4) is 0 Å². The Hall–Kier alpha value is -2.22. The number of aromatic carboxylic acids is 1. The zero-order valence-electron chi connectivity index (χ0n) is 10.2. The number of pyridine rings is 1. The number of hydrogen-bond acceptors (Lipinski definition) is 6. The number of nitrogens with zero attached hydrogens (tertiary/aromatic N) is 3. The van der Waals surface area contributed by atoms with E-state index in [2.05, 4.69) is 4.98 Å². The lowest BCUT2D eigenvalue weighted by atomic mass is 10.1. The van der Waals surface area contributed by atoms with Gasteiger partial charge in [0.15, 0.2) is 0 Å². The van der Waals surface area contributed by atoms with Crippen molar-refractivity contribution in [2.75, 3.05) is 24.5 Å². The molecule has 0 spiro atoms. The summed E-state index contributed by atoms with van der Waals surface area (Å²) in [6, 6.07) is 1.04. The third kappa shape index (κ3) is 2.63. The minimum absolute atomic E-state index is 0.190. The Morgan fingerprint density at radius 3 is 2.95 bits per heavy atom. The summed E-state index contributed by atoms with van der Waals surface area (Å²) < 4.78 is 0. The highest BCUT2D eigenvalue weighted by Crippen LogP contribution is 2.30. The van der Waals surface area contributed by atoms with Gasteiger partial charge in [-0.1, -0.05) is 0 Å². The summed E-state index contributed by atoms with van der Waals surface area (Å²) in [7, 11) is 0. The summed E-state index contributed by atoms with van der Waals surface area (Å²) in [5.41, 5.74) is 5.11. The lowest BCUT2D eigenvalue weighted by molar-refractivity contribution is -0.384. The SMILES string of the molecule is NCC1CCN(c2ncc(C(=O)O)cc2[N+](=O)[O-])C1. The Kier molecular flexibility index (Phi) is 3.61. The van der Waals surface area contributed by atoms with Gasteiger partial charge in [0.05, 0.1) is 10.5 Å². The lowest BCUT2D eigenvalue weighted by Gasteiger charge is -2.17. The van der Waals surface area contributed by atoms with Crippen molar-refractivity contribution in [2.24, 2.45) is 11.7 Å². The number of aromatic nitrogens is 1. The second-order valence-electron chi connectivity index (χ2n) is 4.47. The van der Waals surface area contributed by atoms with Crippen molar-refractivity contribution in [3.05, 3.63) is 27.9 Å². The molecule has 1 aromatic heterocycles. The Labute approximate surface area is 109 Å². The summed E-state index contributed by atoms with van der Waals surface area (Å²) in [6.07, 6.45) is 2.00. The molecule has 0 aliphatic carbocycles. The first-order valence-corrected chi connectivity index (χ1v) is 5.85. The molecule has 102 valence electrons.